The summed E-state index contributed by atoms with van der Waals surface area (Å²) in [6, 6.07) is 6.64. The van der Waals surface area contributed by atoms with E-state index in [1.54, 1.807) is 4.90 Å². The van der Waals surface area contributed by atoms with Gasteiger partial charge >= 0.3 is 6.03 Å². The lowest BCUT2D eigenvalue weighted by Crippen LogP contribution is -2.28. The standard InChI is InChI=1S/C15H20N4O.2C2H4O2.H2O/c1-19-9-12(18-15(19)20)6-10-2-3-14-13(7-10)11(4-5-16)8-17-14;2*1-2(3)4;/h2-3,7-8,12,17H,4-6,9,16H2,1H3,(H,18,20);2*1H3,(H,3,4);1H2. The van der Waals surface area contributed by atoms with Crippen molar-refractivity contribution in [2.24, 2.45) is 5.73 Å². The van der Waals surface area contributed by atoms with Crippen LogP contribution in [-0.4, -0.2) is 69.7 Å². The molecule has 8 N–H and O–H groups in total. The Hall–Kier alpha value is -3.11. The molecular weight excluding hydrogens is 380 g/mol. The first-order valence-corrected chi connectivity index (χ1v) is 8.83. The van der Waals surface area contributed by atoms with Crippen molar-refractivity contribution in [1.29, 1.82) is 0 Å². The fourth-order valence-electron chi connectivity index (χ4n) is 2.86. The maximum Gasteiger partial charge on any atom is 0.317 e. The minimum atomic E-state index is -0.833. The molecule has 1 fully saturated rings. The third-order valence-corrected chi connectivity index (χ3v) is 3.90. The van der Waals surface area contributed by atoms with Crippen molar-refractivity contribution in [2.75, 3.05) is 20.1 Å². The van der Waals surface area contributed by atoms with Crippen molar-refractivity contribution in [1.82, 2.24) is 15.2 Å². The number of carboxylic acid groups (broad SMARTS) is 2. The number of nitrogens with one attached hydrogen (secondary N) is 2. The summed E-state index contributed by atoms with van der Waals surface area (Å²) in [6.45, 7) is 3.58. The van der Waals surface area contributed by atoms with Gasteiger partial charge in [0.25, 0.3) is 11.9 Å². The number of fused-ring (bicyclic) bond motifs is 1. The van der Waals surface area contributed by atoms with E-state index >= 15 is 0 Å². The van der Waals surface area contributed by atoms with Crippen LogP contribution in [-0.2, 0) is 22.4 Å². The number of nitrogens with zero attached hydrogens (tertiary/aromatic N) is 1. The normalized spacial score (nSPS) is 14.7. The van der Waals surface area contributed by atoms with E-state index in [1.807, 2.05) is 13.2 Å². The third-order valence-electron chi connectivity index (χ3n) is 3.90. The van der Waals surface area contributed by atoms with Gasteiger partial charge in [0.05, 0.1) is 6.04 Å². The van der Waals surface area contributed by atoms with Gasteiger partial charge < -0.3 is 36.6 Å². The number of carbonyl (C=O) groups is 3. The van der Waals surface area contributed by atoms with E-state index in [2.05, 4.69) is 28.5 Å². The summed E-state index contributed by atoms with van der Waals surface area (Å²) in [7, 11) is 1.82. The van der Waals surface area contributed by atoms with E-state index in [4.69, 9.17) is 25.5 Å². The smallest absolute Gasteiger partial charge is 0.317 e. The fraction of sp³-hybridized carbons (Fsp3) is 0.421. The SMILES string of the molecule is CC(=O)O.CC(=O)O.CN1CC(Cc2ccc3[nH]cc(CCN)c3c2)NC1=O.O. The van der Waals surface area contributed by atoms with Crippen LogP contribution < -0.4 is 11.1 Å². The van der Waals surface area contributed by atoms with Crippen molar-refractivity contribution in [3.63, 3.8) is 0 Å². The van der Waals surface area contributed by atoms with Crippen molar-refractivity contribution in [3.05, 3.63) is 35.5 Å². The Labute approximate surface area is 169 Å². The predicted octanol–water partition coefficient (Wildman–Crippen LogP) is 0.592. The highest BCUT2D eigenvalue weighted by Gasteiger charge is 2.25. The number of rotatable bonds is 4. The van der Waals surface area contributed by atoms with Crippen LogP contribution in [0.4, 0.5) is 4.79 Å². The number of aromatic amines is 1. The quantitative estimate of drug-likeness (QED) is 0.492. The van der Waals surface area contributed by atoms with Gasteiger partial charge in [0.2, 0.25) is 0 Å². The molecule has 10 heteroatoms. The molecule has 2 amide bonds. The lowest BCUT2D eigenvalue weighted by molar-refractivity contribution is -0.135. The number of benzene rings is 1. The molecule has 1 saturated heterocycles. The second-order valence-electron chi connectivity index (χ2n) is 6.50. The number of aliphatic carboxylic acids is 2. The van der Waals surface area contributed by atoms with Crippen LogP contribution >= 0.6 is 0 Å². The summed E-state index contributed by atoms with van der Waals surface area (Å²) in [4.78, 5) is 34.5. The van der Waals surface area contributed by atoms with Crippen LogP contribution in [0, 0.1) is 0 Å². The first-order valence-electron chi connectivity index (χ1n) is 8.83. The third kappa shape index (κ3) is 9.08. The van der Waals surface area contributed by atoms with Crippen LogP contribution in [0.2, 0.25) is 0 Å². The van der Waals surface area contributed by atoms with Crippen molar-refractivity contribution in [3.8, 4) is 0 Å². The molecule has 1 aromatic heterocycles. The van der Waals surface area contributed by atoms with Gasteiger partial charge in [-0.3, -0.25) is 9.59 Å². The molecule has 2 heterocycles. The number of nitrogens with two attached hydrogens (primary N) is 1. The molecule has 29 heavy (non-hydrogen) atoms. The van der Waals surface area contributed by atoms with Crippen LogP contribution in [0.5, 0.6) is 0 Å². The molecule has 0 saturated carbocycles. The number of hydrogen-bond donors (Lipinski definition) is 5. The number of carbonyl (C=O) groups excluding carboxylic acids is 1. The van der Waals surface area contributed by atoms with Crippen molar-refractivity contribution < 1.29 is 30.1 Å². The topological polar surface area (TPSA) is 180 Å². The second kappa shape index (κ2) is 12.4. The molecule has 0 spiro atoms. The van der Waals surface area contributed by atoms with Crippen LogP contribution in [0.3, 0.4) is 0 Å². The summed E-state index contributed by atoms with van der Waals surface area (Å²) in [5.41, 5.74) is 9.30. The summed E-state index contributed by atoms with van der Waals surface area (Å²) in [5, 5.41) is 19.1. The molecule has 0 aliphatic carbocycles. The molecule has 10 nitrogen and oxygen atoms in total. The molecule has 1 atom stereocenters. The number of urea groups is 1. The average molecular weight is 410 g/mol. The molecule has 1 aliphatic heterocycles. The van der Waals surface area contributed by atoms with Gasteiger partial charge in [-0.25, -0.2) is 4.79 Å². The number of hydrogen-bond acceptors (Lipinski definition) is 4. The highest BCUT2D eigenvalue weighted by Crippen LogP contribution is 2.21. The highest BCUT2D eigenvalue weighted by molar-refractivity contribution is 5.84. The van der Waals surface area contributed by atoms with E-state index in [0.29, 0.717) is 6.54 Å². The minimum Gasteiger partial charge on any atom is -0.481 e. The molecule has 1 unspecified atom stereocenters. The lowest BCUT2D eigenvalue weighted by Gasteiger charge is -2.09. The Morgan fingerprint density at radius 1 is 1.24 bits per heavy atom. The van der Waals surface area contributed by atoms with E-state index in [0.717, 1.165) is 38.8 Å². The van der Waals surface area contributed by atoms with E-state index < -0.39 is 11.9 Å². The van der Waals surface area contributed by atoms with Crippen LogP contribution in [0.15, 0.2) is 24.4 Å². The van der Waals surface area contributed by atoms with Crippen LogP contribution in [0.25, 0.3) is 10.9 Å². The molecule has 1 aliphatic rings. The molecule has 162 valence electrons. The molecule has 3 rings (SSSR count). The molecule has 1 aromatic carbocycles. The Bertz CT molecular complexity index is 800. The van der Waals surface area contributed by atoms with Gasteiger partial charge in [0.15, 0.2) is 0 Å². The lowest BCUT2D eigenvalue weighted by atomic mass is 10.0. The Morgan fingerprint density at radius 3 is 2.31 bits per heavy atom. The molecule has 0 bridgehead atoms. The average Bonchev–Trinajstić information content (AvgIpc) is 3.10. The van der Waals surface area contributed by atoms with Gasteiger partial charge in [-0.05, 0) is 42.6 Å². The van der Waals surface area contributed by atoms with Crippen molar-refractivity contribution in [2.45, 2.75) is 32.7 Å². The first kappa shape index (κ1) is 25.9. The number of carboxylic acids is 2. The van der Waals surface area contributed by atoms with Crippen LogP contribution in [0.1, 0.15) is 25.0 Å². The zero-order chi connectivity index (χ0) is 21.3. The monoisotopic (exact) mass is 410 g/mol. The van der Waals surface area contributed by atoms with Gasteiger partial charge in [-0.2, -0.15) is 0 Å². The predicted molar refractivity (Wildman–Crippen MR) is 110 cm³/mol. The van der Waals surface area contributed by atoms with E-state index in [-0.39, 0.29) is 17.5 Å². The fourth-order valence-corrected chi connectivity index (χ4v) is 2.86. The summed E-state index contributed by atoms with van der Waals surface area (Å²) >= 11 is 0. The maximum absolute atomic E-state index is 11.5. The summed E-state index contributed by atoms with van der Waals surface area (Å²) < 4.78 is 0. The summed E-state index contributed by atoms with van der Waals surface area (Å²) in [6.07, 6.45) is 3.78. The Kier molecular flexibility index (Phi) is 11.0. The number of likely N-dealkylation sites (N-methyl/N-ethyl adjacent to an activating group) is 1. The minimum absolute atomic E-state index is 0. The number of aromatic nitrogens is 1. The summed E-state index contributed by atoms with van der Waals surface area (Å²) in [5.74, 6) is -1.67. The number of H-pyrrole nitrogens is 1. The molecule has 2 aromatic rings. The van der Waals surface area contributed by atoms with Gasteiger partial charge in [-0.15, -0.1) is 0 Å². The van der Waals surface area contributed by atoms with Gasteiger partial charge in [-0.1, -0.05) is 6.07 Å². The highest BCUT2D eigenvalue weighted by atomic mass is 16.4. The number of amides is 2. The van der Waals surface area contributed by atoms with Crippen molar-refractivity contribution >= 4 is 28.9 Å². The zero-order valence-electron chi connectivity index (χ0n) is 16.9. The Morgan fingerprint density at radius 2 is 1.83 bits per heavy atom. The second-order valence-corrected chi connectivity index (χ2v) is 6.50. The molecule has 0 radical (unpaired) electrons. The molecular formula is C19H30N4O6. The maximum atomic E-state index is 11.5. The zero-order valence-corrected chi connectivity index (χ0v) is 16.9. The van der Waals surface area contributed by atoms with E-state index in [9.17, 15) is 4.79 Å². The Balaban J connectivity index is 0.000000752. The first-order chi connectivity index (χ1) is 13.1. The van der Waals surface area contributed by atoms with Gasteiger partial charge in [0, 0.05) is 44.5 Å². The largest absolute Gasteiger partial charge is 0.481 e. The van der Waals surface area contributed by atoms with Gasteiger partial charge in [0.1, 0.15) is 0 Å². The van der Waals surface area contributed by atoms with E-state index in [1.165, 1.54) is 16.5 Å².